The number of hydrogen-bond donors (Lipinski definition) is 0. The summed E-state index contributed by atoms with van der Waals surface area (Å²) in [6, 6.07) is 5.94. The molecule has 0 aromatic heterocycles. The SMILES string of the molecule is C=Cc1cccc(OCCCC)c1OCCCC. The van der Waals surface area contributed by atoms with Crippen LogP contribution < -0.4 is 9.47 Å². The Labute approximate surface area is 111 Å². The lowest BCUT2D eigenvalue weighted by atomic mass is 10.2. The van der Waals surface area contributed by atoms with Crippen LogP contribution in [0.5, 0.6) is 11.5 Å². The van der Waals surface area contributed by atoms with Gasteiger partial charge in [0.05, 0.1) is 13.2 Å². The number of para-hydroxylation sites is 1. The van der Waals surface area contributed by atoms with E-state index in [1.807, 2.05) is 24.3 Å². The molecule has 2 nitrogen and oxygen atoms in total. The average Bonchev–Trinajstić information content (AvgIpc) is 2.40. The molecular formula is C16H24O2. The van der Waals surface area contributed by atoms with E-state index in [0.717, 1.165) is 56.0 Å². The molecular weight excluding hydrogens is 224 g/mol. The second-order valence-corrected chi connectivity index (χ2v) is 4.28. The highest BCUT2D eigenvalue weighted by atomic mass is 16.5. The van der Waals surface area contributed by atoms with Gasteiger partial charge in [-0.25, -0.2) is 0 Å². The first-order valence-electron chi connectivity index (χ1n) is 6.84. The molecule has 1 rings (SSSR count). The monoisotopic (exact) mass is 248 g/mol. The summed E-state index contributed by atoms with van der Waals surface area (Å²) in [7, 11) is 0. The maximum atomic E-state index is 5.83. The van der Waals surface area contributed by atoms with Crippen molar-refractivity contribution in [1.29, 1.82) is 0 Å². The first kappa shape index (κ1) is 14.6. The number of unbranched alkanes of at least 4 members (excludes halogenated alkanes) is 2. The predicted octanol–water partition coefficient (Wildman–Crippen LogP) is 4.69. The Bertz CT molecular complexity index is 358. The van der Waals surface area contributed by atoms with Gasteiger partial charge in [0, 0.05) is 5.56 Å². The fraction of sp³-hybridized carbons (Fsp3) is 0.500. The van der Waals surface area contributed by atoms with E-state index in [1.165, 1.54) is 0 Å². The Balaban J connectivity index is 2.75. The molecule has 0 radical (unpaired) electrons. The van der Waals surface area contributed by atoms with Crippen molar-refractivity contribution in [2.75, 3.05) is 13.2 Å². The third kappa shape index (κ3) is 4.44. The van der Waals surface area contributed by atoms with Crippen LogP contribution in [-0.2, 0) is 0 Å². The highest BCUT2D eigenvalue weighted by Gasteiger charge is 2.08. The van der Waals surface area contributed by atoms with E-state index in [0.29, 0.717) is 0 Å². The molecule has 0 aliphatic carbocycles. The molecule has 0 aliphatic rings. The van der Waals surface area contributed by atoms with E-state index < -0.39 is 0 Å². The van der Waals surface area contributed by atoms with Crippen molar-refractivity contribution in [3.63, 3.8) is 0 Å². The van der Waals surface area contributed by atoms with E-state index in [2.05, 4.69) is 20.4 Å². The zero-order chi connectivity index (χ0) is 13.2. The van der Waals surface area contributed by atoms with Gasteiger partial charge in [0.15, 0.2) is 11.5 Å². The van der Waals surface area contributed by atoms with Gasteiger partial charge in [-0.15, -0.1) is 0 Å². The van der Waals surface area contributed by atoms with Crippen molar-refractivity contribution in [3.05, 3.63) is 30.3 Å². The molecule has 0 bridgehead atoms. The fourth-order valence-electron chi connectivity index (χ4n) is 1.61. The van der Waals surface area contributed by atoms with Gasteiger partial charge in [-0.3, -0.25) is 0 Å². The Kier molecular flexibility index (Phi) is 7.00. The van der Waals surface area contributed by atoms with E-state index >= 15 is 0 Å². The van der Waals surface area contributed by atoms with Gasteiger partial charge in [-0.1, -0.05) is 51.5 Å². The highest BCUT2D eigenvalue weighted by molar-refractivity contribution is 5.61. The van der Waals surface area contributed by atoms with Gasteiger partial charge in [0.1, 0.15) is 0 Å². The standard InChI is InChI=1S/C16H24O2/c1-4-7-12-17-15-11-9-10-14(6-3)16(15)18-13-8-5-2/h6,9-11H,3-5,7-8,12-13H2,1-2H3. The molecule has 0 unspecified atom stereocenters. The van der Waals surface area contributed by atoms with E-state index in [-0.39, 0.29) is 0 Å². The van der Waals surface area contributed by atoms with Crippen molar-refractivity contribution in [2.24, 2.45) is 0 Å². The molecule has 100 valence electrons. The fourth-order valence-corrected chi connectivity index (χ4v) is 1.61. The maximum Gasteiger partial charge on any atom is 0.168 e. The number of rotatable bonds is 9. The molecule has 1 aromatic rings. The summed E-state index contributed by atoms with van der Waals surface area (Å²) >= 11 is 0. The summed E-state index contributed by atoms with van der Waals surface area (Å²) in [5, 5.41) is 0. The van der Waals surface area contributed by atoms with Crippen LogP contribution in [0.25, 0.3) is 6.08 Å². The molecule has 0 saturated heterocycles. The highest BCUT2D eigenvalue weighted by Crippen LogP contribution is 2.32. The van der Waals surface area contributed by atoms with Crippen molar-refractivity contribution in [1.82, 2.24) is 0 Å². The smallest absolute Gasteiger partial charge is 0.168 e. The van der Waals surface area contributed by atoms with Gasteiger partial charge in [-0.05, 0) is 18.9 Å². The van der Waals surface area contributed by atoms with Gasteiger partial charge in [-0.2, -0.15) is 0 Å². The van der Waals surface area contributed by atoms with Gasteiger partial charge >= 0.3 is 0 Å². The molecule has 0 spiro atoms. The Hall–Kier alpha value is -1.44. The molecule has 0 atom stereocenters. The van der Waals surface area contributed by atoms with Crippen LogP contribution in [0.4, 0.5) is 0 Å². The molecule has 0 heterocycles. The van der Waals surface area contributed by atoms with Crippen LogP contribution in [0, 0.1) is 0 Å². The average molecular weight is 248 g/mol. The molecule has 1 aromatic carbocycles. The second kappa shape index (κ2) is 8.62. The van der Waals surface area contributed by atoms with Crippen LogP contribution in [0.2, 0.25) is 0 Å². The lowest BCUT2D eigenvalue weighted by Crippen LogP contribution is -2.03. The largest absolute Gasteiger partial charge is 0.490 e. The first-order chi connectivity index (χ1) is 8.83. The summed E-state index contributed by atoms with van der Waals surface area (Å²) in [5.74, 6) is 1.66. The molecule has 0 N–H and O–H groups in total. The van der Waals surface area contributed by atoms with Crippen LogP contribution in [-0.4, -0.2) is 13.2 Å². The Morgan fingerprint density at radius 1 is 1.06 bits per heavy atom. The van der Waals surface area contributed by atoms with Gasteiger partial charge in [0.2, 0.25) is 0 Å². The Morgan fingerprint density at radius 2 is 1.72 bits per heavy atom. The zero-order valence-electron chi connectivity index (χ0n) is 11.6. The molecule has 0 aliphatic heterocycles. The van der Waals surface area contributed by atoms with Crippen LogP contribution in [0.15, 0.2) is 24.8 Å². The normalized spacial score (nSPS) is 10.1. The minimum atomic E-state index is 0.728. The lowest BCUT2D eigenvalue weighted by Gasteiger charge is -2.14. The summed E-state index contributed by atoms with van der Waals surface area (Å²) in [4.78, 5) is 0. The van der Waals surface area contributed by atoms with Crippen molar-refractivity contribution in [2.45, 2.75) is 39.5 Å². The number of ether oxygens (including phenoxy) is 2. The quantitative estimate of drug-likeness (QED) is 0.590. The molecule has 18 heavy (non-hydrogen) atoms. The molecule has 0 fully saturated rings. The maximum absolute atomic E-state index is 5.83. The van der Waals surface area contributed by atoms with Crippen LogP contribution in [0.3, 0.4) is 0 Å². The van der Waals surface area contributed by atoms with E-state index in [9.17, 15) is 0 Å². The van der Waals surface area contributed by atoms with E-state index in [4.69, 9.17) is 9.47 Å². The van der Waals surface area contributed by atoms with Crippen molar-refractivity contribution in [3.8, 4) is 11.5 Å². The third-order valence-electron chi connectivity index (χ3n) is 2.73. The lowest BCUT2D eigenvalue weighted by molar-refractivity contribution is 0.261. The van der Waals surface area contributed by atoms with E-state index in [1.54, 1.807) is 0 Å². The third-order valence-corrected chi connectivity index (χ3v) is 2.73. The summed E-state index contributed by atoms with van der Waals surface area (Å²) < 4.78 is 11.6. The van der Waals surface area contributed by atoms with Crippen LogP contribution >= 0.6 is 0 Å². The van der Waals surface area contributed by atoms with Gasteiger partial charge < -0.3 is 9.47 Å². The first-order valence-corrected chi connectivity index (χ1v) is 6.84. The predicted molar refractivity (Wildman–Crippen MR) is 77.3 cm³/mol. The van der Waals surface area contributed by atoms with Crippen molar-refractivity contribution < 1.29 is 9.47 Å². The number of hydrogen-bond acceptors (Lipinski definition) is 2. The van der Waals surface area contributed by atoms with Crippen molar-refractivity contribution >= 4 is 6.08 Å². The minimum absolute atomic E-state index is 0.728. The van der Waals surface area contributed by atoms with Crippen LogP contribution in [0.1, 0.15) is 45.1 Å². The minimum Gasteiger partial charge on any atom is -0.490 e. The summed E-state index contributed by atoms with van der Waals surface area (Å²) in [6.07, 6.45) is 6.19. The molecule has 2 heteroatoms. The Morgan fingerprint density at radius 3 is 2.33 bits per heavy atom. The second-order valence-electron chi connectivity index (χ2n) is 4.28. The topological polar surface area (TPSA) is 18.5 Å². The summed E-state index contributed by atoms with van der Waals surface area (Å²) in [6.45, 7) is 9.60. The van der Waals surface area contributed by atoms with Gasteiger partial charge in [0.25, 0.3) is 0 Å². The zero-order valence-corrected chi connectivity index (χ0v) is 11.6. The molecule has 0 saturated carbocycles. The number of benzene rings is 1. The molecule has 0 amide bonds. The summed E-state index contributed by atoms with van der Waals surface area (Å²) in [5.41, 5.74) is 1.00.